The molecule has 3 aromatic rings. The molecule has 2 aromatic heterocycles. The first-order valence-electron chi connectivity index (χ1n) is 10.5. The van der Waals surface area contributed by atoms with Gasteiger partial charge < -0.3 is 9.67 Å². The number of allylic oxidation sites excluding steroid dienone is 1. The van der Waals surface area contributed by atoms with E-state index < -0.39 is 17.7 Å². The summed E-state index contributed by atoms with van der Waals surface area (Å²) in [6, 6.07) is 8.42. The number of rotatable bonds is 4. The molecule has 170 valence electrons. The molecule has 33 heavy (non-hydrogen) atoms. The first-order chi connectivity index (χ1) is 15.6. The number of alkyl halides is 3. The largest absolute Gasteiger partial charge is 0.478 e. The van der Waals surface area contributed by atoms with Crippen molar-refractivity contribution >= 4 is 29.0 Å². The van der Waals surface area contributed by atoms with Crippen LogP contribution in [-0.2, 0) is 19.0 Å². The third-order valence-corrected chi connectivity index (χ3v) is 7.26. The highest BCUT2D eigenvalue weighted by Gasteiger charge is 2.30. The van der Waals surface area contributed by atoms with Crippen LogP contribution in [-0.4, -0.2) is 15.6 Å². The molecule has 1 aromatic carbocycles. The maximum atomic E-state index is 12.9. The predicted octanol–water partition coefficient (Wildman–Crippen LogP) is 6.82. The van der Waals surface area contributed by atoms with Gasteiger partial charge in [-0.1, -0.05) is 12.1 Å². The number of aryl methyl sites for hydroxylation is 2. The maximum absolute atomic E-state index is 12.9. The molecule has 1 N–H and O–H groups in total. The number of carbonyl (C=O) groups is 1. The van der Waals surface area contributed by atoms with Gasteiger partial charge in [0.2, 0.25) is 0 Å². The molecule has 0 unspecified atom stereocenters. The Morgan fingerprint density at radius 1 is 1.18 bits per heavy atom. The highest BCUT2D eigenvalue weighted by molar-refractivity contribution is 7.15. The Morgan fingerprint density at radius 2 is 1.85 bits per heavy atom. The molecule has 0 aliphatic heterocycles. The second-order valence-electron chi connectivity index (χ2n) is 8.10. The minimum Gasteiger partial charge on any atom is -0.478 e. The van der Waals surface area contributed by atoms with Crippen molar-refractivity contribution in [3.63, 3.8) is 0 Å². The molecular formula is C25H21F3N2O2S. The number of fused-ring (bicyclic) bond motifs is 1. The number of aromatic carboxylic acids is 1. The van der Waals surface area contributed by atoms with Gasteiger partial charge in [0, 0.05) is 16.3 Å². The molecule has 0 amide bonds. The van der Waals surface area contributed by atoms with E-state index in [2.05, 4.69) is 6.07 Å². The van der Waals surface area contributed by atoms with Crippen LogP contribution in [0.15, 0.2) is 30.3 Å². The van der Waals surface area contributed by atoms with Crippen molar-refractivity contribution in [2.45, 2.75) is 45.7 Å². The normalized spacial score (nSPS) is 14.1. The highest BCUT2D eigenvalue weighted by atomic mass is 32.1. The number of aromatic nitrogens is 1. The van der Waals surface area contributed by atoms with E-state index in [1.807, 2.05) is 24.5 Å². The SMILES string of the molecule is Cc1cc(/C=C(/C#N)c2ccc(C(F)(F)F)cc2)c(C)n1-c1sc2c(c1C(=O)O)CCCC2. The van der Waals surface area contributed by atoms with E-state index in [4.69, 9.17) is 0 Å². The number of thiophene rings is 1. The van der Waals surface area contributed by atoms with Gasteiger partial charge in [0.1, 0.15) is 5.00 Å². The van der Waals surface area contributed by atoms with Crippen LogP contribution in [0.25, 0.3) is 16.7 Å². The van der Waals surface area contributed by atoms with Crippen molar-refractivity contribution in [3.8, 4) is 11.1 Å². The molecular weight excluding hydrogens is 449 g/mol. The van der Waals surface area contributed by atoms with Crippen molar-refractivity contribution in [1.29, 1.82) is 5.26 Å². The molecule has 0 radical (unpaired) electrons. The third kappa shape index (κ3) is 4.21. The molecule has 0 saturated heterocycles. The quantitative estimate of drug-likeness (QED) is 0.426. The summed E-state index contributed by atoms with van der Waals surface area (Å²) < 4.78 is 40.5. The van der Waals surface area contributed by atoms with Crippen LogP contribution in [0.2, 0.25) is 0 Å². The van der Waals surface area contributed by atoms with Crippen LogP contribution in [0.4, 0.5) is 13.2 Å². The fourth-order valence-corrected chi connectivity index (χ4v) is 5.84. The third-order valence-electron chi connectivity index (χ3n) is 5.98. The monoisotopic (exact) mass is 470 g/mol. The molecule has 1 aliphatic rings. The Bertz CT molecular complexity index is 1310. The molecule has 0 fully saturated rings. The summed E-state index contributed by atoms with van der Waals surface area (Å²) >= 11 is 1.50. The van der Waals surface area contributed by atoms with Crippen molar-refractivity contribution in [2.75, 3.05) is 0 Å². The first-order valence-corrected chi connectivity index (χ1v) is 11.3. The molecule has 1 aliphatic carbocycles. The van der Waals surface area contributed by atoms with Gasteiger partial charge in [0.05, 0.1) is 22.8 Å². The molecule has 0 saturated carbocycles. The van der Waals surface area contributed by atoms with Gasteiger partial charge >= 0.3 is 12.1 Å². The van der Waals surface area contributed by atoms with Crippen LogP contribution < -0.4 is 0 Å². The van der Waals surface area contributed by atoms with Crippen LogP contribution in [0.3, 0.4) is 0 Å². The Hall–Kier alpha value is -3.31. The summed E-state index contributed by atoms with van der Waals surface area (Å²) in [6.45, 7) is 3.73. The summed E-state index contributed by atoms with van der Waals surface area (Å²) in [6.07, 6.45) is 0.837. The van der Waals surface area contributed by atoms with Crippen LogP contribution >= 0.6 is 11.3 Å². The molecule has 4 rings (SSSR count). The van der Waals surface area contributed by atoms with E-state index >= 15 is 0 Å². The molecule has 2 heterocycles. The molecule has 0 atom stereocenters. The van der Waals surface area contributed by atoms with E-state index in [1.54, 1.807) is 6.08 Å². The molecule has 8 heteroatoms. The number of carboxylic acid groups (broad SMARTS) is 1. The number of nitrogens with zero attached hydrogens (tertiary/aromatic N) is 2. The summed E-state index contributed by atoms with van der Waals surface area (Å²) in [4.78, 5) is 13.2. The number of hydrogen-bond acceptors (Lipinski definition) is 3. The fourth-order valence-electron chi connectivity index (χ4n) is 4.35. The van der Waals surface area contributed by atoms with Crippen molar-refractivity contribution < 1.29 is 23.1 Å². The minimum absolute atomic E-state index is 0.230. The summed E-state index contributed by atoms with van der Waals surface area (Å²) in [5.74, 6) is -0.948. The zero-order valence-electron chi connectivity index (χ0n) is 18.1. The Morgan fingerprint density at radius 3 is 2.45 bits per heavy atom. The van der Waals surface area contributed by atoms with Gasteiger partial charge in [-0.25, -0.2) is 4.79 Å². The summed E-state index contributed by atoms with van der Waals surface area (Å²) in [7, 11) is 0. The van der Waals surface area contributed by atoms with Gasteiger partial charge in [-0.2, -0.15) is 18.4 Å². The Labute approximate surface area is 193 Å². The lowest BCUT2D eigenvalue weighted by molar-refractivity contribution is -0.137. The van der Waals surface area contributed by atoms with Crippen LogP contribution in [0.1, 0.15) is 61.7 Å². The lowest BCUT2D eigenvalue weighted by Crippen LogP contribution is -2.09. The molecule has 4 nitrogen and oxygen atoms in total. The van der Waals surface area contributed by atoms with Crippen LogP contribution in [0.5, 0.6) is 0 Å². The summed E-state index contributed by atoms with van der Waals surface area (Å²) in [5.41, 5.74) is 3.41. The van der Waals surface area contributed by atoms with E-state index in [9.17, 15) is 28.3 Å². The highest BCUT2D eigenvalue weighted by Crippen LogP contribution is 2.39. The van der Waals surface area contributed by atoms with Gasteiger partial charge in [0.25, 0.3) is 0 Å². The van der Waals surface area contributed by atoms with Gasteiger partial charge in [-0.3, -0.25) is 0 Å². The molecule has 0 bridgehead atoms. The van der Waals surface area contributed by atoms with Crippen LogP contribution in [0, 0.1) is 25.2 Å². The second kappa shape index (κ2) is 8.56. The van der Waals surface area contributed by atoms with Crippen molar-refractivity contribution in [3.05, 3.63) is 74.4 Å². The number of nitriles is 1. The summed E-state index contributed by atoms with van der Waals surface area (Å²) in [5, 5.41) is 20.3. The van der Waals surface area contributed by atoms with E-state index in [0.717, 1.165) is 59.6 Å². The smallest absolute Gasteiger partial charge is 0.416 e. The standard InChI is InChI=1S/C25H21F3N2O2S/c1-14-11-17(12-18(13-29)16-7-9-19(10-8-16)25(26,27)28)15(2)30(14)23-22(24(31)32)20-5-3-4-6-21(20)33-23/h7-12H,3-6H2,1-2H3,(H,31,32)/b18-12-. The van der Waals surface area contributed by atoms with E-state index in [1.165, 1.54) is 23.5 Å². The van der Waals surface area contributed by atoms with Crippen molar-refractivity contribution in [1.82, 2.24) is 4.57 Å². The maximum Gasteiger partial charge on any atom is 0.416 e. The van der Waals surface area contributed by atoms with Gasteiger partial charge in [-0.15, -0.1) is 11.3 Å². The Kier molecular flexibility index (Phi) is 5.93. The fraction of sp³-hybridized carbons (Fsp3) is 0.280. The second-order valence-corrected chi connectivity index (χ2v) is 9.19. The van der Waals surface area contributed by atoms with Crippen molar-refractivity contribution in [2.24, 2.45) is 0 Å². The lowest BCUT2D eigenvalue weighted by Gasteiger charge is -2.11. The first kappa shape index (κ1) is 22.9. The predicted molar refractivity (Wildman–Crippen MR) is 122 cm³/mol. The Balaban J connectivity index is 1.79. The lowest BCUT2D eigenvalue weighted by atomic mass is 9.95. The van der Waals surface area contributed by atoms with E-state index in [0.29, 0.717) is 21.7 Å². The van der Waals surface area contributed by atoms with Gasteiger partial charge in [-0.05, 0) is 80.5 Å². The molecule has 0 spiro atoms. The zero-order valence-corrected chi connectivity index (χ0v) is 18.9. The zero-order chi connectivity index (χ0) is 23.9. The number of hydrogen-bond donors (Lipinski definition) is 1. The number of halogens is 3. The van der Waals surface area contributed by atoms with Gasteiger partial charge in [0.15, 0.2) is 0 Å². The minimum atomic E-state index is -4.44. The number of benzene rings is 1. The van der Waals surface area contributed by atoms with E-state index in [-0.39, 0.29) is 5.57 Å². The topological polar surface area (TPSA) is 66.0 Å². The average molecular weight is 471 g/mol. The number of carboxylic acids is 1. The average Bonchev–Trinajstić information content (AvgIpc) is 3.27.